The van der Waals surface area contributed by atoms with Crippen LogP contribution in [0, 0.1) is 0 Å². The summed E-state index contributed by atoms with van der Waals surface area (Å²) in [4.78, 5) is 2.38. The fraction of sp³-hybridized carbons (Fsp3) is 0.0182. The van der Waals surface area contributed by atoms with E-state index in [4.69, 9.17) is 9.15 Å². The molecule has 2 aliphatic rings. The maximum absolute atomic E-state index is 6.83. The summed E-state index contributed by atoms with van der Waals surface area (Å²) in [5, 5.41) is 7.69. The second-order valence-corrected chi connectivity index (χ2v) is 19.3. The molecule has 3 heterocycles. The normalized spacial score (nSPS) is 14.2. The standard InChI is InChI=1S/C55H37NO2Si/c1-4-18-38(19-5-1)56(40-32-34-44-43-24-10-14-28-49(43)57-52(44)37-40)39-33-35-54-48(36-39)55(45-25-11-15-29-50(45)58-51-30-16-12-26-46(51)55)47-27-13-17-31-53(47)59(54,41-20-6-2-7-21-41)42-22-8-3-9-23-42/h1-37H. The Morgan fingerprint density at radius 3 is 1.56 bits per heavy atom. The Balaban J connectivity index is 1.23. The monoisotopic (exact) mass is 771 g/mol. The van der Waals surface area contributed by atoms with E-state index in [0.717, 1.165) is 61.6 Å². The fourth-order valence-electron chi connectivity index (χ4n) is 10.4. The Hall–Kier alpha value is -7.40. The minimum atomic E-state index is -2.97. The van der Waals surface area contributed by atoms with E-state index in [2.05, 4.69) is 217 Å². The third kappa shape index (κ3) is 4.75. The molecule has 3 nitrogen and oxygen atoms in total. The second-order valence-electron chi connectivity index (χ2n) is 15.6. The highest BCUT2D eigenvalue weighted by molar-refractivity contribution is 7.20. The van der Waals surface area contributed by atoms with Crippen LogP contribution in [0.4, 0.5) is 17.1 Å². The first-order valence-corrected chi connectivity index (χ1v) is 22.3. The highest BCUT2D eigenvalue weighted by atomic mass is 28.3. The fourth-order valence-corrected chi connectivity index (χ4v) is 15.6. The zero-order valence-corrected chi connectivity index (χ0v) is 33.1. The van der Waals surface area contributed by atoms with E-state index >= 15 is 0 Å². The van der Waals surface area contributed by atoms with Crippen LogP contribution in [0.2, 0.25) is 0 Å². The van der Waals surface area contributed by atoms with E-state index in [1.54, 1.807) is 0 Å². The molecular formula is C55H37NO2Si. The van der Waals surface area contributed by atoms with Crippen molar-refractivity contribution in [1.82, 2.24) is 0 Å². The van der Waals surface area contributed by atoms with E-state index in [-0.39, 0.29) is 0 Å². The topological polar surface area (TPSA) is 25.6 Å². The van der Waals surface area contributed by atoms with Gasteiger partial charge in [0.15, 0.2) is 8.07 Å². The van der Waals surface area contributed by atoms with Crippen molar-refractivity contribution in [2.75, 3.05) is 4.90 Å². The number of hydrogen-bond donors (Lipinski definition) is 0. The number of nitrogens with zero attached hydrogens (tertiary/aromatic N) is 1. The first kappa shape index (κ1) is 33.7. The molecule has 1 spiro atoms. The lowest BCUT2D eigenvalue weighted by molar-refractivity contribution is 0.435. The van der Waals surface area contributed by atoms with Crippen LogP contribution in [0.25, 0.3) is 21.9 Å². The molecule has 0 saturated heterocycles. The quantitative estimate of drug-likeness (QED) is 0.163. The van der Waals surface area contributed by atoms with Crippen LogP contribution in [-0.4, -0.2) is 8.07 Å². The van der Waals surface area contributed by atoms with E-state index in [1.807, 2.05) is 12.1 Å². The van der Waals surface area contributed by atoms with Gasteiger partial charge in [-0.1, -0.05) is 164 Å². The van der Waals surface area contributed by atoms with Crippen molar-refractivity contribution in [2.24, 2.45) is 0 Å². The number of fused-ring (bicyclic) bond motifs is 11. The van der Waals surface area contributed by atoms with Crippen molar-refractivity contribution in [3.05, 3.63) is 247 Å². The molecule has 0 radical (unpaired) electrons. The average Bonchev–Trinajstić information content (AvgIpc) is 3.68. The summed E-state index contributed by atoms with van der Waals surface area (Å²) in [6.07, 6.45) is 0. The van der Waals surface area contributed by atoms with Crippen LogP contribution in [0.3, 0.4) is 0 Å². The number of furan rings is 1. The largest absolute Gasteiger partial charge is 0.457 e. The molecule has 59 heavy (non-hydrogen) atoms. The molecule has 0 unspecified atom stereocenters. The molecule has 0 N–H and O–H groups in total. The van der Waals surface area contributed by atoms with Crippen LogP contribution in [-0.2, 0) is 5.41 Å². The summed E-state index contributed by atoms with van der Waals surface area (Å²) in [5.74, 6) is 1.75. The van der Waals surface area contributed by atoms with E-state index in [1.165, 1.54) is 31.9 Å². The third-order valence-electron chi connectivity index (χ3n) is 12.7. The Morgan fingerprint density at radius 1 is 0.356 bits per heavy atom. The van der Waals surface area contributed by atoms with E-state index in [9.17, 15) is 0 Å². The zero-order chi connectivity index (χ0) is 39.0. The Bertz CT molecular complexity index is 3130. The molecule has 2 aliphatic heterocycles. The van der Waals surface area contributed by atoms with Gasteiger partial charge < -0.3 is 14.1 Å². The first-order chi connectivity index (χ1) is 29.3. The SMILES string of the molecule is c1ccc(N(c2ccc3c(c2)C2(c4ccccc4Oc4ccccc42)c2ccccc2[Si]3(c2ccccc2)c2ccccc2)c2ccc3c(c2)oc2ccccc23)cc1. The van der Waals surface area contributed by atoms with Gasteiger partial charge in [-0.3, -0.25) is 0 Å². The van der Waals surface area contributed by atoms with Crippen molar-refractivity contribution in [2.45, 2.75) is 5.41 Å². The number of hydrogen-bond acceptors (Lipinski definition) is 3. The zero-order valence-electron chi connectivity index (χ0n) is 32.1. The van der Waals surface area contributed by atoms with Crippen LogP contribution in [0.1, 0.15) is 22.3 Å². The van der Waals surface area contributed by atoms with Gasteiger partial charge in [0.2, 0.25) is 0 Å². The van der Waals surface area contributed by atoms with Crippen molar-refractivity contribution in [3.63, 3.8) is 0 Å². The maximum atomic E-state index is 6.83. The van der Waals surface area contributed by atoms with Crippen LogP contribution in [0.5, 0.6) is 11.5 Å². The summed E-state index contributed by atoms with van der Waals surface area (Å²) in [7, 11) is -2.97. The molecule has 10 aromatic rings. The summed E-state index contributed by atoms with van der Waals surface area (Å²) >= 11 is 0. The predicted molar refractivity (Wildman–Crippen MR) is 244 cm³/mol. The molecule has 9 aromatic carbocycles. The molecule has 0 fully saturated rings. The molecule has 0 aliphatic carbocycles. The highest BCUT2D eigenvalue weighted by Gasteiger charge is 2.57. The highest BCUT2D eigenvalue weighted by Crippen LogP contribution is 2.56. The first-order valence-electron chi connectivity index (χ1n) is 20.3. The van der Waals surface area contributed by atoms with Gasteiger partial charge in [-0.05, 0) is 86.5 Å². The Morgan fingerprint density at radius 2 is 0.864 bits per heavy atom. The third-order valence-corrected chi connectivity index (χ3v) is 17.5. The van der Waals surface area contributed by atoms with Crippen LogP contribution in [0.15, 0.2) is 229 Å². The molecular weight excluding hydrogens is 735 g/mol. The van der Waals surface area contributed by atoms with E-state index in [0.29, 0.717) is 0 Å². The smallest absolute Gasteiger partial charge is 0.180 e. The number of anilines is 3. The minimum absolute atomic E-state index is 0.696. The van der Waals surface area contributed by atoms with Crippen LogP contribution < -0.4 is 30.4 Å². The summed E-state index contributed by atoms with van der Waals surface area (Å²) in [5.41, 5.74) is 9.05. The van der Waals surface area contributed by atoms with Gasteiger partial charge in [0.1, 0.15) is 22.7 Å². The number of rotatable bonds is 5. The van der Waals surface area contributed by atoms with Crippen molar-refractivity contribution < 1.29 is 9.15 Å². The Labute approximate surface area is 344 Å². The van der Waals surface area contributed by atoms with Gasteiger partial charge in [0.05, 0.1) is 5.41 Å². The average molecular weight is 772 g/mol. The van der Waals surface area contributed by atoms with Gasteiger partial charge in [0.25, 0.3) is 0 Å². The van der Waals surface area contributed by atoms with Gasteiger partial charge in [-0.15, -0.1) is 0 Å². The minimum Gasteiger partial charge on any atom is -0.457 e. The molecule has 0 amide bonds. The number of ether oxygens (including phenoxy) is 1. The second kappa shape index (κ2) is 13.1. The molecule has 278 valence electrons. The maximum Gasteiger partial charge on any atom is 0.180 e. The molecule has 0 atom stereocenters. The van der Waals surface area contributed by atoms with Gasteiger partial charge in [-0.25, -0.2) is 0 Å². The lowest BCUT2D eigenvalue weighted by Gasteiger charge is -2.51. The van der Waals surface area contributed by atoms with Gasteiger partial charge >= 0.3 is 0 Å². The number of benzene rings is 9. The van der Waals surface area contributed by atoms with Gasteiger partial charge in [0, 0.05) is 45.0 Å². The van der Waals surface area contributed by atoms with Crippen molar-refractivity contribution >= 4 is 67.8 Å². The molecule has 0 saturated carbocycles. The number of para-hydroxylation sites is 4. The van der Waals surface area contributed by atoms with Crippen molar-refractivity contribution in [3.8, 4) is 11.5 Å². The lowest BCUT2D eigenvalue weighted by Crippen LogP contribution is -2.79. The lowest BCUT2D eigenvalue weighted by atomic mass is 9.63. The predicted octanol–water partition coefficient (Wildman–Crippen LogP) is 11.2. The Kier molecular flexibility index (Phi) is 7.47. The van der Waals surface area contributed by atoms with Crippen molar-refractivity contribution in [1.29, 1.82) is 0 Å². The molecule has 4 heteroatoms. The molecule has 0 bridgehead atoms. The molecule has 12 rings (SSSR count). The summed E-state index contributed by atoms with van der Waals surface area (Å²) < 4.78 is 13.3. The van der Waals surface area contributed by atoms with Crippen LogP contribution >= 0.6 is 0 Å². The summed E-state index contributed by atoms with van der Waals surface area (Å²) in [6, 6.07) is 82.0. The van der Waals surface area contributed by atoms with Gasteiger partial charge in [-0.2, -0.15) is 0 Å². The summed E-state index contributed by atoms with van der Waals surface area (Å²) in [6.45, 7) is 0. The molecule has 1 aromatic heterocycles. The van der Waals surface area contributed by atoms with E-state index < -0.39 is 13.5 Å².